The minimum atomic E-state index is -0.685. The largest absolute Gasteiger partial charge is 0.336 e. The molecule has 1 fully saturated rings. The zero-order valence-electron chi connectivity index (χ0n) is 8.55. The van der Waals surface area contributed by atoms with Crippen molar-refractivity contribution >= 4 is 17.4 Å². The first-order valence-electron chi connectivity index (χ1n) is 5.19. The molecular weight excluding hydrogens is 228 g/mol. The highest BCUT2D eigenvalue weighted by molar-refractivity contribution is 6.31. The van der Waals surface area contributed by atoms with Gasteiger partial charge in [0.2, 0.25) is 5.72 Å². The third kappa shape index (κ3) is 1.34. The van der Waals surface area contributed by atoms with Gasteiger partial charge < -0.3 is 5.32 Å². The van der Waals surface area contributed by atoms with Gasteiger partial charge in [0.25, 0.3) is 0 Å². The van der Waals surface area contributed by atoms with Gasteiger partial charge in [-0.2, -0.15) is 0 Å². The van der Waals surface area contributed by atoms with Gasteiger partial charge in [0, 0.05) is 22.6 Å². The standard InChI is InChI=1S/C11H11ClN2O2/c12-7-2-3-9-8(6-7)10(13)14-11(9)4-1-5-15-16-11/h2-3,6H,1,4-5H2,(H2,13,14). The summed E-state index contributed by atoms with van der Waals surface area (Å²) in [5.74, 6) is 0.336. The molecule has 1 aromatic rings. The van der Waals surface area contributed by atoms with Crippen molar-refractivity contribution in [3.05, 3.63) is 34.3 Å². The zero-order chi connectivity index (χ0) is 11.2. The van der Waals surface area contributed by atoms with Crippen molar-refractivity contribution in [2.24, 2.45) is 0 Å². The van der Waals surface area contributed by atoms with Crippen molar-refractivity contribution in [3.8, 4) is 0 Å². The van der Waals surface area contributed by atoms with Crippen LogP contribution in [0.25, 0.3) is 0 Å². The molecule has 0 radical (unpaired) electrons. The molecule has 1 unspecified atom stereocenters. The van der Waals surface area contributed by atoms with Crippen LogP contribution in [0.2, 0.25) is 5.02 Å². The number of nitrogens with one attached hydrogen (secondary N) is 2. The van der Waals surface area contributed by atoms with E-state index in [1.54, 1.807) is 12.1 Å². The summed E-state index contributed by atoms with van der Waals surface area (Å²) in [5, 5.41) is 11.5. The van der Waals surface area contributed by atoms with Crippen molar-refractivity contribution in [2.75, 3.05) is 6.61 Å². The second-order valence-electron chi connectivity index (χ2n) is 4.03. The van der Waals surface area contributed by atoms with E-state index >= 15 is 0 Å². The molecule has 16 heavy (non-hydrogen) atoms. The number of halogens is 1. The Morgan fingerprint density at radius 3 is 3.06 bits per heavy atom. The lowest BCUT2D eigenvalue weighted by molar-refractivity contribution is -0.393. The van der Waals surface area contributed by atoms with Gasteiger partial charge in [-0.1, -0.05) is 17.7 Å². The van der Waals surface area contributed by atoms with E-state index in [4.69, 9.17) is 26.8 Å². The topological polar surface area (TPSA) is 54.3 Å². The SMILES string of the molecule is N=C1NC2(CCCOO2)c2ccc(Cl)cc21. The maximum atomic E-state index is 7.88. The molecule has 2 aliphatic rings. The van der Waals surface area contributed by atoms with Gasteiger partial charge >= 0.3 is 0 Å². The minimum Gasteiger partial charge on any atom is -0.336 e. The number of rotatable bonds is 0. The van der Waals surface area contributed by atoms with E-state index in [9.17, 15) is 0 Å². The average Bonchev–Trinajstić information content (AvgIpc) is 2.53. The van der Waals surface area contributed by atoms with Gasteiger partial charge in [-0.25, -0.2) is 9.78 Å². The first-order chi connectivity index (χ1) is 7.71. The first-order valence-corrected chi connectivity index (χ1v) is 5.57. The molecular formula is C11H11ClN2O2. The monoisotopic (exact) mass is 238 g/mol. The van der Waals surface area contributed by atoms with E-state index in [0.717, 1.165) is 24.0 Å². The lowest BCUT2D eigenvalue weighted by Crippen LogP contribution is -2.44. The third-order valence-electron chi connectivity index (χ3n) is 2.97. The van der Waals surface area contributed by atoms with Crippen LogP contribution in [0.15, 0.2) is 18.2 Å². The van der Waals surface area contributed by atoms with Crippen LogP contribution >= 0.6 is 11.6 Å². The van der Waals surface area contributed by atoms with E-state index in [0.29, 0.717) is 17.5 Å². The molecule has 1 aromatic carbocycles. The Bertz CT molecular complexity index is 455. The van der Waals surface area contributed by atoms with Crippen molar-refractivity contribution in [1.82, 2.24) is 5.32 Å². The quantitative estimate of drug-likeness (QED) is 0.681. The Morgan fingerprint density at radius 1 is 1.44 bits per heavy atom. The Hall–Kier alpha value is -1.10. The van der Waals surface area contributed by atoms with Crippen LogP contribution < -0.4 is 5.32 Å². The number of fused-ring (bicyclic) bond motifs is 2. The summed E-state index contributed by atoms with van der Waals surface area (Å²) in [4.78, 5) is 10.4. The molecule has 0 amide bonds. The molecule has 1 atom stereocenters. The van der Waals surface area contributed by atoms with Crippen LogP contribution in [0.1, 0.15) is 24.0 Å². The van der Waals surface area contributed by atoms with E-state index in [2.05, 4.69) is 5.32 Å². The molecule has 1 spiro atoms. The molecule has 1 saturated heterocycles. The fourth-order valence-electron chi connectivity index (χ4n) is 2.24. The predicted molar refractivity (Wildman–Crippen MR) is 59.4 cm³/mol. The number of hydrogen-bond donors (Lipinski definition) is 2. The van der Waals surface area contributed by atoms with Crippen LogP contribution in [0.5, 0.6) is 0 Å². The predicted octanol–water partition coefficient (Wildman–Crippen LogP) is 2.16. The minimum absolute atomic E-state index is 0.336. The Morgan fingerprint density at radius 2 is 2.31 bits per heavy atom. The van der Waals surface area contributed by atoms with Crippen LogP contribution in [0.3, 0.4) is 0 Å². The van der Waals surface area contributed by atoms with E-state index in [-0.39, 0.29) is 0 Å². The highest BCUT2D eigenvalue weighted by atomic mass is 35.5. The second-order valence-corrected chi connectivity index (χ2v) is 4.46. The average molecular weight is 239 g/mol. The van der Waals surface area contributed by atoms with Gasteiger partial charge in [0.1, 0.15) is 5.84 Å². The molecule has 2 aliphatic heterocycles. The van der Waals surface area contributed by atoms with Crippen LogP contribution in [0, 0.1) is 5.41 Å². The zero-order valence-corrected chi connectivity index (χ0v) is 9.30. The normalized spacial score (nSPS) is 27.9. The van der Waals surface area contributed by atoms with Gasteiger partial charge in [0.15, 0.2) is 0 Å². The molecule has 5 heteroatoms. The molecule has 2 N–H and O–H groups in total. The Kier molecular flexibility index (Phi) is 2.17. The molecule has 4 nitrogen and oxygen atoms in total. The highest BCUT2D eigenvalue weighted by Gasteiger charge is 2.45. The summed E-state index contributed by atoms with van der Waals surface area (Å²) in [6.45, 7) is 0.597. The van der Waals surface area contributed by atoms with Gasteiger partial charge in [0.05, 0.1) is 6.61 Å². The molecule has 84 valence electrons. The summed E-state index contributed by atoms with van der Waals surface area (Å²) in [6, 6.07) is 5.47. The van der Waals surface area contributed by atoms with Crippen molar-refractivity contribution in [3.63, 3.8) is 0 Å². The van der Waals surface area contributed by atoms with Crippen molar-refractivity contribution < 1.29 is 9.78 Å². The molecule has 0 bridgehead atoms. The number of hydrogen-bond acceptors (Lipinski definition) is 3. The highest BCUT2D eigenvalue weighted by Crippen LogP contribution is 2.39. The van der Waals surface area contributed by atoms with E-state index < -0.39 is 5.72 Å². The summed E-state index contributed by atoms with van der Waals surface area (Å²) < 4.78 is 0. The van der Waals surface area contributed by atoms with Crippen LogP contribution in [-0.2, 0) is 15.5 Å². The summed E-state index contributed by atoms with van der Waals surface area (Å²) in [6.07, 6.45) is 1.70. The van der Waals surface area contributed by atoms with E-state index in [1.165, 1.54) is 0 Å². The van der Waals surface area contributed by atoms with Crippen molar-refractivity contribution in [2.45, 2.75) is 18.6 Å². The Labute approximate surface area is 97.9 Å². The van der Waals surface area contributed by atoms with Gasteiger partial charge in [-0.15, -0.1) is 0 Å². The summed E-state index contributed by atoms with van der Waals surface area (Å²) in [5.41, 5.74) is 1.04. The molecule has 2 heterocycles. The molecule has 0 aliphatic carbocycles. The third-order valence-corrected chi connectivity index (χ3v) is 3.21. The number of benzene rings is 1. The van der Waals surface area contributed by atoms with Crippen LogP contribution in [-0.4, -0.2) is 12.4 Å². The summed E-state index contributed by atoms with van der Waals surface area (Å²) >= 11 is 5.92. The molecule has 3 rings (SSSR count). The summed E-state index contributed by atoms with van der Waals surface area (Å²) in [7, 11) is 0. The van der Waals surface area contributed by atoms with Gasteiger partial charge in [-0.05, 0) is 18.6 Å². The number of amidine groups is 1. The Balaban J connectivity index is 2.11. The maximum Gasteiger partial charge on any atom is 0.200 e. The fraction of sp³-hybridized carbons (Fsp3) is 0.364. The maximum absolute atomic E-state index is 7.88. The lowest BCUT2D eigenvalue weighted by Gasteiger charge is -2.32. The second kappa shape index (κ2) is 3.45. The van der Waals surface area contributed by atoms with Gasteiger partial charge in [-0.3, -0.25) is 5.41 Å². The van der Waals surface area contributed by atoms with Crippen molar-refractivity contribution in [1.29, 1.82) is 5.41 Å². The first kappa shape index (κ1) is 10.1. The smallest absolute Gasteiger partial charge is 0.200 e. The van der Waals surface area contributed by atoms with Crippen LogP contribution in [0.4, 0.5) is 0 Å². The molecule has 0 saturated carbocycles. The molecule has 0 aromatic heterocycles. The lowest BCUT2D eigenvalue weighted by atomic mass is 9.97. The van der Waals surface area contributed by atoms with E-state index in [1.807, 2.05) is 6.07 Å². The fourth-order valence-corrected chi connectivity index (χ4v) is 2.41.